The monoisotopic (exact) mass is 359 g/mol. The molecule has 0 bridgehead atoms. The van der Waals surface area contributed by atoms with Crippen LogP contribution in [0, 0.1) is 6.92 Å². The van der Waals surface area contributed by atoms with Crippen molar-refractivity contribution >= 4 is 45.5 Å². The van der Waals surface area contributed by atoms with Crippen LogP contribution < -0.4 is 16.4 Å². The number of thiocarbonyl (C=S) groups is 1. The number of aryl methyl sites for hydroxylation is 2. The fourth-order valence-corrected chi connectivity index (χ4v) is 4.44. The normalized spacial score (nSPS) is 12.5. The zero-order valence-electron chi connectivity index (χ0n) is 13.1. The lowest BCUT2D eigenvalue weighted by Crippen LogP contribution is -2.34. The Morgan fingerprint density at radius 3 is 2.71 bits per heavy atom. The molecule has 1 aromatic heterocycles. The summed E-state index contributed by atoms with van der Waals surface area (Å²) < 4.78 is 0. The highest BCUT2D eigenvalue weighted by Gasteiger charge is 2.25. The fourth-order valence-electron chi connectivity index (χ4n) is 2.89. The van der Waals surface area contributed by atoms with Crippen molar-refractivity contribution in [3.05, 3.63) is 51.4 Å². The number of benzene rings is 1. The van der Waals surface area contributed by atoms with Crippen molar-refractivity contribution in [1.29, 1.82) is 0 Å². The second-order valence-corrected chi connectivity index (χ2v) is 7.16. The predicted octanol–water partition coefficient (Wildman–Crippen LogP) is 2.77. The molecule has 4 N–H and O–H groups in total. The Kier molecular flexibility index (Phi) is 4.64. The molecule has 3 rings (SSSR count). The van der Waals surface area contributed by atoms with Gasteiger partial charge in [-0.15, -0.1) is 11.3 Å². The Bertz CT molecular complexity index is 842. The van der Waals surface area contributed by atoms with Crippen LogP contribution in [0.5, 0.6) is 0 Å². The number of anilines is 1. The van der Waals surface area contributed by atoms with Crippen LogP contribution >= 0.6 is 23.6 Å². The van der Waals surface area contributed by atoms with Crippen LogP contribution in [-0.4, -0.2) is 16.9 Å². The number of hydrogen-bond donors (Lipinski definition) is 3. The molecule has 0 radical (unpaired) electrons. The molecule has 5 nitrogen and oxygen atoms in total. The summed E-state index contributed by atoms with van der Waals surface area (Å²) in [6, 6.07) is 7.27. The number of thiophene rings is 1. The zero-order valence-corrected chi connectivity index (χ0v) is 14.8. The minimum atomic E-state index is -0.468. The fraction of sp³-hybridized carbons (Fsp3) is 0.235. The number of nitrogens with one attached hydrogen (secondary N) is 2. The number of primary amides is 1. The molecule has 0 atom stereocenters. The van der Waals surface area contributed by atoms with E-state index in [0.29, 0.717) is 16.1 Å². The summed E-state index contributed by atoms with van der Waals surface area (Å²) >= 11 is 6.70. The average molecular weight is 359 g/mol. The quantitative estimate of drug-likeness (QED) is 0.736. The van der Waals surface area contributed by atoms with E-state index in [9.17, 15) is 9.59 Å². The predicted molar refractivity (Wildman–Crippen MR) is 99.7 cm³/mol. The van der Waals surface area contributed by atoms with Crippen molar-refractivity contribution in [1.82, 2.24) is 5.32 Å². The first kappa shape index (κ1) is 16.6. The van der Waals surface area contributed by atoms with Crippen molar-refractivity contribution < 1.29 is 9.59 Å². The zero-order chi connectivity index (χ0) is 17.3. The first-order valence-electron chi connectivity index (χ1n) is 7.59. The summed E-state index contributed by atoms with van der Waals surface area (Å²) in [6.45, 7) is 1.86. The molecule has 1 heterocycles. The number of carbonyl (C=O) groups excluding carboxylic acids is 2. The van der Waals surface area contributed by atoms with Gasteiger partial charge in [-0.3, -0.25) is 14.9 Å². The first-order valence-corrected chi connectivity index (χ1v) is 8.82. The van der Waals surface area contributed by atoms with E-state index in [-0.39, 0.29) is 11.0 Å². The third kappa shape index (κ3) is 3.18. The van der Waals surface area contributed by atoms with E-state index in [1.54, 1.807) is 12.1 Å². The van der Waals surface area contributed by atoms with Crippen LogP contribution in [0.1, 0.15) is 43.1 Å². The van der Waals surface area contributed by atoms with Gasteiger partial charge < -0.3 is 11.1 Å². The minimum Gasteiger partial charge on any atom is -0.365 e. The van der Waals surface area contributed by atoms with Gasteiger partial charge in [0, 0.05) is 10.4 Å². The number of carbonyl (C=O) groups is 2. The molecule has 1 aliphatic rings. The molecule has 124 valence electrons. The number of hydrogen-bond acceptors (Lipinski definition) is 4. The maximum absolute atomic E-state index is 12.3. The third-order valence-corrected chi connectivity index (χ3v) is 5.42. The number of amides is 2. The SMILES string of the molecule is Cc1ccccc1C(=O)NC(=S)Nc1sc2c(c1C(N)=O)CCC2. The molecule has 0 unspecified atom stereocenters. The molecule has 0 spiro atoms. The van der Waals surface area contributed by atoms with Gasteiger partial charge in [0.05, 0.1) is 5.56 Å². The van der Waals surface area contributed by atoms with Gasteiger partial charge in [0.15, 0.2) is 5.11 Å². The van der Waals surface area contributed by atoms with Gasteiger partial charge in [0.25, 0.3) is 11.8 Å². The molecule has 2 aromatic rings. The summed E-state index contributed by atoms with van der Waals surface area (Å²) in [5.41, 5.74) is 8.46. The molecule has 7 heteroatoms. The third-order valence-electron chi connectivity index (χ3n) is 4.01. The standard InChI is InChI=1S/C17H17N3O2S2/c1-9-5-2-3-6-10(9)15(22)19-17(23)20-16-13(14(18)21)11-7-4-8-12(11)24-16/h2-3,5-6H,4,7-8H2,1H3,(H2,18,21)(H2,19,20,22,23). The molecular formula is C17H17N3O2S2. The number of rotatable bonds is 3. The lowest BCUT2D eigenvalue weighted by atomic mass is 10.1. The smallest absolute Gasteiger partial charge is 0.257 e. The molecule has 1 aliphatic carbocycles. The summed E-state index contributed by atoms with van der Waals surface area (Å²) in [7, 11) is 0. The van der Waals surface area contributed by atoms with Crippen LogP contribution in [0.15, 0.2) is 24.3 Å². The second-order valence-electron chi connectivity index (χ2n) is 5.65. The van der Waals surface area contributed by atoms with Crippen molar-refractivity contribution in [3.63, 3.8) is 0 Å². The highest BCUT2D eigenvalue weighted by Crippen LogP contribution is 2.38. The topological polar surface area (TPSA) is 84.2 Å². The lowest BCUT2D eigenvalue weighted by Gasteiger charge is -2.11. The first-order chi connectivity index (χ1) is 11.5. The lowest BCUT2D eigenvalue weighted by molar-refractivity contribution is 0.0975. The summed E-state index contributed by atoms with van der Waals surface area (Å²) in [6.07, 6.45) is 2.84. The Morgan fingerprint density at radius 1 is 1.25 bits per heavy atom. The molecule has 0 aliphatic heterocycles. The number of nitrogens with two attached hydrogens (primary N) is 1. The van der Waals surface area contributed by atoms with Gasteiger partial charge in [-0.25, -0.2) is 0 Å². The van der Waals surface area contributed by atoms with Crippen molar-refractivity contribution in [2.75, 3.05) is 5.32 Å². The minimum absolute atomic E-state index is 0.158. The molecule has 2 amide bonds. The van der Waals surface area contributed by atoms with Gasteiger partial charge in [-0.1, -0.05) is 18.2 Å². The summed E-state index contributed by atoms with van der Waals surface area (Å²) in [5.74, 6) is -0.750. The van der Waals surface area contributed by atoms with Crippen LogP contribution in [0.4, 0.5) is 5.00 Å². The van der Waals surface area contributed by atoms with Crippen molar-refractivity contribution in [3.8, 4) is 0 Å². The van der Waals surface area contributed by atoms with Crippen molar-refractivity contribution in [2.45, 2.75) is 26.2 Å². The van der Waals surface area contributed by atoms with E-state index in [0.717, 1.165) is 30.4 Å². The van der Waals surface area contributed by atoms with E-state index < -0.39 is 5.91 Å². The van der Waals surface area contributed by atoms with E-state index >= 15 is 0 Å². The molecular weight excluding hydrogens is 342 g/mol. The molecule has 1 aromatic carbocycles. The van der Waals surface area contributed by atoms with Gasteiger partial charge in [-0.05, 0) is 55.6 Å². The Balaban J connectivity index is 1.75. The molecule has 24 heavy (non-hydrogen) atoms. The van der Waals surface area contributed by atoms with Gasteiger partial charge in [0.1, 0.15) is 5.00 Å². The van der Waals surface area contributed by atoms with Gasteiger partial charge >= 0.3 is 0 Å². The molecule has 0 saturated heterocycles. The summed E-state index contributed by atoms with van der Waals surface area (Å²) in [4.78, 5) is 25.2. The van der Waals surface area contributed by atoms with Gasteiger partial charge in [-0.2, -0.15) is 0 Å². The van der Waals surface area contributed by atoms with Crippen LogP contribution in [0.25, 0.3) is 0 Å². The maximum Gasteiger partial charge on any atom is 0.257 e. The molecule has 0 saturated carbocycles. The summed E-state index contributed by atoms with van der Waals surface area (Å²) in [5, 5.41) is 6.38. The van der Waals surface area contributed by atoms with E-state index in [1.165, 1.54) is 16.2 Å². The van der Waals surface area contributed by atoms with Crippen LogP contribution in [0.3, 0.4) is 0 Å². The largest absolute Gasteiger partial charge is 0.365 e. The number of fused-ring (bicyclic) bond motifs is 1. The van der Waals surface area contributed by atoms with E-state index in [1.807, 2.05) is 19.1 Å². The van der Waals surface area contributed by atoms with Crippen LogP contribution in [0.2, 0.25) is 0 Å². The maximum atomic E-state index is 12.3. The highest BCUT2D eigenvalue weighted by molar-refractivity contribution is 7.80. The second kappa shape index (κ2) is 6.70. The Labute approximate surface area is 149 Å². The van der Waals surface area contributed by atoms with Gasteiger partial charge in [0.2, 0.25) is 0 Å². The highest BCUT2D eigenvalue weighted by atomic mass is 32.1. The van der Waals surface area contributed by atoms with Crippen LogP contribution in [-0.2, 0) is 12.8 Å². The van der Waals surface area contributed by atoms with E-state index in [2.05, 4.69) is 10.6 Å². The molecule has 0 fully saturated rings. The van der Waals surface area contributed by atoms with Crippen molar-refractivity contribution in [2.24, 2.45) is 5.73 Å². The Hall–Kier alpha value is -2.25. The average Bonchev–Trinajstić information content (AvgIpc) is 3.07. The Morgan fingerprint density at radius 2 is 2.00 bits per heavy atom. The van der Waals surface area contributed by atoms with E-state index in [4.69, 9.17) is 18.0 Å².